The average molecular weight is 569 g/mol. The Hall–Kier alpha value is -1.29. The minimum atomic E-state index is -3.47. The lowest BCUT2D eigenvalue weighted by molar-refractivity contribution is 0.177. The number of sulfonamides is 1. The number of aromatic nitrogens is 3. The number of methoxy groups -OCH3 is 1. The van der Waals surface area contributed by atoms with Crippen molar-refractivity contribution in [1.82, 2.24) is 30.1 Å². The first-order valence-corrected chi connectivity index (χ1v) is 11.7. The molecule has 1 aliphatic heterocycles. The van der Waals surface area contributed by atoms with Gasteiger partial charge in [-0.1, -0.05) is 0 Å². The summed E-state index contributed by atoms with van der Waals surface area (Å²) in [7, 11) is -0.152. The highest BCUT2D eigenvalue weighted by Crippen LogP contribution is 2.20. The van der Waals surface area contributed by atoms with E-state index in [1.807, 2.05) is 11.6 Å². The van der Waals surface area contributed by atoms with Gasteiger partial charge in [-0.3, -0.25) is 4.99 Å². The predicted molar refractivity (Wildman–Crippen MR) is 127 cm³/mol. The zero-order chi connectivity index (χ0) is 20.9. The molecule has 0 saturated heterocycles. The predicted octanol–water partition coefficient (Wildman–Crippen LogP) is 0.871. The van der Waals surface area contributed by atoms with Gasteiger partial charge in [0.2, 0.25) is 10.0 Å². The second kappa shape index (κ2) is 11.4. The standard InChI is InChI=1S/C17H27N7O3S2.HI/c1-12-4-7-16(28-12)29(25,26)20-9-8-19-17(18-2)21-13-5-6-15-22-14(11-27-3)23-24(15)10-13;/h4,7,13,20H,5-6,8-11H2,1-3H3,(H2,18,19,21);1H. The Balaban J connectivity index is 0.00000320. The van der Waals surface area contributed by atoms with Gasteiger partial charge in [0.15, 0.2) is 11.8 Å². The lowest BCUT2D eigenvalue weighted by Gasteiger charge is -2.25. The number of hydrogen-bond acceptors (Lipinski definition) is 7. The molecule has 13 heteroatoms. The van der Waals surface area contributed by atoms with Gasteiger partial charge in [-0.2, -0.15) is 5.10 Å². The zero-order valence-corrected chi connectivity index (χ0v) is 21.2. The number of aliphatic imine (C=N–C) groups is 1. The molecule has 2 aromatic heterocycles. The number of ether oxygens (including phenoxy) is 1. The van der Waals surface area contributed by atoms with Crippen LogP contribution in [0.5, 0.6) is 0 Å². The molecule has 1 atom stereocenters. The van der Waals surface area contributed by atoms with Crippen LogP contribution >= 0.6 is 35.3 Å². The molecular weight excluding hydrogens is 541 g/mol. The van der Waals surface area contributed by atoms with E-state index in [4.69, 9.17) is 4.74 Å². The van der Waals surface area contributed by atoms with Crippen molar-refractivity contribution in [2.45, 2.75) is 43.2 Å². The third-order valence-corrected chi connectivity index (χ3v) is 7.38. The molecule has 0 aromatic carbocycles. The molecular formula is C17H28IN7O3S2. The van der Waals surface area contributed by atoms with Crippen LogP contribution in [0.25, 0.3) is 0 Å². The number of thiophene rings is 1. The molecule has 0 fully saturated rings. The summed E-state index contributed by atoms with van der Waals surface area (Å²) < 4.78 is 34.4. The molecule has 0 amide bonds. The number of guanidine groups is 1. The van der Waals surface area contributed by atoms with Gasteiger partial charge in [0, 0.05) is 44.6 Å². The monoisotopic (exact) mass is 569 g/mol. The molecule has 0 radical (unpaired) electrons. The van der Waals surface area contributed by atoms with Crippen molar-refractivity contribution in [3.8, 4) is 0 Å². The molecule has 10 nitrogen and oxygen atoms in total. The summed E-state index contributed by atoms with van der Waals surface area (Å²) in [6, 6.07) is 3.58. The highest BCUT2D eigenvalue weighted by Gasteiger charge is 2.22. The van der Waals surface area contributed by atoms with Crippen LogP contribution in [0.4, 0.5) is 0 Å². The molecule has 3 N–H and O–H groups in total. The van der Waals surface area contributed by atoms with Crippen LogP contribution in [0.2, 0.25) is 0 Å². The first-order valence-electron chi connectivity index (χ1n) is 9.36. The minimum absolute atomic E-state index is 0. The van der Waals surface area contributed by atoms with Crippen LogP contribution in [-0.2, 0) is 34.3 Å². The van der Waals surface area contributed by atoms with E-state index in [0.29, 0.717) is 35.7 Å². The fraction of sp³-hybridized carbons (Fsp3) is 0.588. The van der Waals surface area contributed by atoms with Crippen molar-refractivity contribution in [2.24, 2.45) is 4.99 Å². The van der Waals surface area contributed by atoms with Gasteiger partial charge < -0.3 is 15.4 Å². The lowest BCUT2D eigenvalue weighted by atomic mass is 10.1. The second-order valence-corrected chi connectivity index (χ2v) is 9.98. The summed E-state index contributed by atoms with van der Waals surface area (Å²) in [6.07, 6.45) is 1.74. The smallest absolute Gasteiger partial charge is 0.250 e. The summed E-state index contributed by atoms with van der Waals surface area (Å²) in [6.45, 7) is 3.66. The van der Waals surface area contributed by atoms with Crippen molar-refractivity contribution in [1.29, 1.82) is 0 Å². The van der Waals surface area contributed by atoms with Crippen LogP contribution in [0, 0.1) is 6.92 Å². The molecule has 168 valence electrons. The van der Waals surface area contributed by atoms with Crippen molar-refractivity contribution in [3.63, 3.8) is 0 Å². The topological polar surface area (TPSA) is 123 Å². The van der Waals surface area contributed by atoms with Crippen molar-refractivity contribution >= 4 is 51.3 Å². The normalized spacial score (nSPS) is 16.6. The van der Waals surface area contributed by atoms with Crippen LogP contribution in [0.1, 0.15) is 22.9 Å². The van der Waals surface area contributed by atoms with Gasteiger partial charge in [0.1, 0.15) is 16.6 Å². The molecule has 3 heterocycles. The number of rotatable bonds is 8. The number of fused-ring (bicyclic) bond motifs is 1. The summed E-state index contributed by atoms with van der Waals surface area (Å²) in [5, 5.41) is 11.0. The molecule has 0 aliphatic carbocycles. The highest BCUT2D eigenvalue weighted by molar-refractivity contribution is 14.0. The zero-order valence-electron chi connectivity index (χ0n) is 17.2. The van der Waals surface area contributed by atoms with E-state index in [9.17, 15) is 8.42 Å². The Labute approximate surface area is 198 Å². The Morgan fingerprint density at radius 2 is 2.20 bits per heavy atom. The third-order valence-electron chi connectivity index (χ3n) is 4.43. The summed E-state index contributed by atoms with van der Waals surface area (Å²) in [5.41, 5.74) is 0. The van der Waals surface area contributed by atoms with Gasteiger partial charge >= 0.3 is 0 Å². The molecule has 2 aromatic rings. The van der Waals surface area contributed by atoms with Crippen molar-refractivity contribution in [3.05, 3.63) is 28.7 Å². The van der Waals surface area contributed by atoms with Gasteiger partial charge in [0.25, 0.3) is 0 Å². The molecule has 1 aliphatic rings. The van der Waals surface area contributed by atoms with E-state index >= 15 is 0 Å². The molecule has 0 spiro atoms. The number of halogens is 1. The molecule has 0 saturated carbocycles. The molecule has 30 heavy (non-hydrogen) atoms. The molecule has 1 unspecified atom stereocenters. The van der Waals surface area contributed by atoms with Crippen LogP contribution in [-0.4, -0.2) is 62.4 Å². The second-order valence-electron chi connectivity index (χ2n) is 6.70. The summed E-state index contributed by atoms with van der Waals surface area (Å²) in [4.78, 5) is 9.66. The van der Waals surface area contributed by atoms with E-state index in [1.54, 1.807) is 26.3 Å². The third kappa shape index (κ3) is 6.60. The molecule has 3 rings (SSSR count). The Bertz CT molecular complexity index is 958. The largest absolute Gasteiger partial charge is 0.377 e. The molecule has 0 bridgehead atoms. The van der Waals surface area contributed by atoms with E-state index in [1.165, 1.54) is 11.3 Å². The average Bonchev–Trinajstić information content (AvgIpc) is 3.30. The fourth-order valence-corrected chi connectivity index (χ4v) is 5.41. The maximum atomic E-state index is 12.2. The van der Waals surface area contributed by atoms with Crippen LogP contribution in [0.3, 0.4) is 0 Å². The fourth-order valence-electron chi connectivity index (χ4n) is 3.05. The number of aryl methyl sites for hydroxylation is 2. The van der Waals surface area contributed by atoms with Gasteiger partial charge in [-0.15, -0.1) is 35.3 Å². The van der Waals surface area contributed by atoms with E-state index in [-0.39, 0.29) is 36.6 Å². The maximum absolute atomic E-state index is 12.2. The number of hydrogen-bond donors (Lipinski definition) is 3. The Morgan fingerprint density at radius 1 is 1.40 bits per heavy atom. The number of nitrogens with one attached hydrogen (secondary N) is 3. The van der Waals surface area contributed by atoms with Gasteiger partial charge in [-0.25, -0.2) is 22.8 Å². The van der Waals surface area contributed by atoms with Crippen molar-refractivity contribution in [2.75, 3.05) is 27.2 Å². The van der Waals surface area contributed by atoms with Crippen molar-refractivity contribution < 1.29 is 13.2 Å². The van der Waals surface area contributed by atoms with Crippen LogP contribution < -0.4 is 15.4 Å². The van der Waals surface area contributed by atoms with E-state index in [0.717, 1.165) is 23.5 Å². The maximum Gasteiger partial charge on any atom is 0.250 e. The quantitative estimate of drug-likeness (QED) is 0.187. The minimum Gasteiger partial charge on any atom is -0.377 e. The summed E-state index contributed by atoms with van der Waals surface area (Å²) in [5.74, 6) is 2.29. The lowest BCUT2D eigenvalue weighted by Crippen LogP contribution is -2.48. The summed E-state index contributed by atoms with van der Waals surface area (Å²) >= 11 is 1.26. The highest BCUT2D eigenvalue weighted by atomic mass is 127. The first kappa shape index (κ1) is 25.0. The first-order chi connectivity index (χ1) is 13.9. The Kier molecular flexibility index (Phi) is 9.46. The van der Waals surface area contributed by atoms with E-state index in [2.05, 4.69) is 30.4 Å². The Morgan fingerprint density at radius 3 is 2.87 bits per heavy atom. The SMILES string of the molecule is CN=C(NCCNS(=O)(=O)c1ccc(C)s1)NC1CCc2nc(COC)nn2C1.I. The van der Waals surface area contributed by atoms with Gasteiger partial charge in [-0.05, 0) is 25.5 Å². The van der Waals surface area contributed by atoms with E-state index < -0.39 is 10.0 Å². The van der Waals surface area contributed by atoms with Gasteiger partial charge in [0.05, 0.1) is 6.54 Å². The van der Waals surface area contributed by atoms with Crippen LogP contribution in [0.15, 0.2) is 21.3 Å². The number of nitrogens with zero attached hydrogens (tertiary/aromatic N) is 4.